The number of rotatable bonds is 6. The maximum Gasteiger partial charge on any atom is 0.329 e. The minimum Gasteiger partial charge on any atom is -0.480 e. The third kappa shape index (κ3) is 3.39. The largest absolute Gasteiger partial charge is 0.480 e. The third-order valence-corrected chi connectivity index (χ3v) is 4.10. The SMILES string of the molecule is CCN(CC1CCC1)C(=O)N(CC)C(C)(C)C(=O)O. The van der Waals surface area contributed by atoms with Gasteiger partial charge in [-0.25, -0.2) is 9.59 Å². The highest BCUT2D eigenvalue weighted by molar-refractivity contribution is 5.85. The van der Waals surface area contributed by atoms with Crippen LogP contribution in [0.1, 0.15) is 47.0 Å². The summed E-state index contributed by atoms with van der Waals surface area (Å²) in [5.41, 5.74) is -1.17. The molecule has 110 valence electrons. The number of carbonyl (C=O) groups excluding carboxylic acids is 1. The Kier molecular flexibility index (Phi) is 5.20. The van der Waals surface area contributed by atoms with Crippen LogP contribution in [0.5, 0.6) is 0 Å². The Hall–Kier alpha value is -1.26. The topological polar surface area (TPSA) is 60.9 Å². The van der Waals surface area contributed by atoms with Crippen LogP contribution in [0.25, 0.3) is 0 Å². The molecular weight excluding hydrogens is 244 g/mol. The summed E-state index contributed by atoms with van der Waals surface area (Å²) in [5.74, 6) is -0.377. The Labute approximate surface area is 115 Å². The molecule has 0 aliphatic heterocycles. The Morgan fingerprint density at radius 3 is 2.11 bits per heavy atom. The number of amides is 2. The van der Waals surface area contributed by atoms with Gasteiger partial charge in [0.25, 0.3) is 0 Å². The molecule has 0 saturated heterocycles. The van der Waals surface area contributed by atoms with Crippen LogP contribution in [0.4, 0.5) is 4.79 Å². The molecule has 0 heterocycles. The zero-order valence-electron chi connectivity index (χ0n) is 12.5. The average Bonchev–Trinajstić information content (AvgIpc) is 2.27. The number of nitrogens with zero attached hydrogens (tertiary/aromatic N) is 2. The Morgan fingerprint density at radius 1 is 1.21 bits per heavy atom. The lowest BCUT2D eigenvalue weighted by Gasteiger charge is -2.40. The van der Waals surface area contributed by atoms with Crippen molar-refractivity contribution in [2.75, 3.05) is 19.6 Å². The molecule has 0 aromatic heterocycles. The first-order valence-corrected chi connectivity index (χ1v) is 7.14. The summed E-state index contributed by atoms with van der Waals surface area (Å²) in [6.45, 7) is 8.70. The molecule has 0 atom stereocenters. The van der Waals surface area contributed by atoms with Crippen molar-refractivity contribution in [2.45, 2.75) is 52.5 Å². The molecule has 0 spiro atoms. The number of hydrogen-bond donors (Lipinski definition) is 1. The van der Waals surface area contributed by atoms with E-state index in [0.717, 1.165) is 6.54 Å². The Balaban J connectivity index is 2.77. The van der Waals surface area contributed by atoms with Gasteiger partial charge in [0.2, 0.25) is 0 Å². The van der Waals surface area contributed by atoms with Gasteiger partial charge in [0, 0.05) is 19.6 Å². The van der Waals surface area contributed by atoms with Crippen molar-refractivity contribution in [3.05, 3.63) is 0 Å². The van der Waals surface area contributed by atoms with Crippen LogP contribution in [0.15, 0.2) is 0 Å². The maximum absolute atomic E-state index is 12.5. The maximum atomic E-state index is 12.5. The first kappa shape index (κ1) is 15.8. The van der Waals surface area contributed by atoms with Crippen LogP contribution in [0.3, 0.4) is 0 Å². The highest BCUT2D eigenvalue weighted by atomic mass is 16.4. The van der Waals surface area contributed by atoms with Crippen LogP contribution in [-0.4, -0.2) is 52.1 Å². The molecule has 5 nitrogen and oxygen atoms in total. The number of hydrogen-bond acceptors (Lipinski definition) is 2. The second-order valence-corrected chi connectivity index (χ2v) is 5.73. The molecular formula is C14H26N2O3. The fourth-order valence-electron chi connectivity index (χ4n) is 2.39. The van der Waals surface area contributed by atoms with Crippen molar-refractivity contribution < 1.29 is 14.7 Å². The summed E-state index contributed by atoms with van der Waals surface area (Å²) in [6, 6.07) is -0.163. The first-order chi connectivity index (χ1) is 8.84. The summed E-state index contributed by atoms with van der Waals surface area (Å²) >= 11 is 0. The van der Waals surface area contributed by atoms with E-state index in [1.54, 1.807) is 18.7 Å². The van der Waals surface area contributed by atoms with E-state index in [4.69, 9.17) is 0 Å². The average molecular weight is 270 g/mol. The summed E-state index contributed by atoms with van der Waals surface area (Å²) in [6.07, 6.45) is 3.60. The Morgan fingerprint density at radius 2 is 1.79 bits per heavy atom. The van der Waals surface area contributed by atoms with Gasteiger partial charge in [-0.2, -0.15) is 0 Å². The summed E-state index contributed by atoms with van der Waals surface area (Å²) < 4.78 is 0. The van der Waals surface area contributed by atoms with Crippen LogP contribution in [0.2, 0.25) is 0 Å². The van der Waals surface area contributed by atoms with Crippen molar-refractivity contribution in [3.63, 3.8) is 0 Å². The lowest BCUT2D eigenvalue weighted by Crippen LogP contribution is -2.57. The molecule has 0 bridgehead atoms. The minimum atomic E-state index is -1.17. The quantitative estimate of drug-likeness (QED) is 0.806. The lowest BCUT2D eigenvalue weighted by atomic mass is 9.85. The van der Waals surface area contributed by atoms with E-state index in [1.165, 1.54) is 24.2 Å². The van der Waals surface area contributed by atoms with Gasteiger partial charge in [-0.3, -0.25) is 0 Å². The Bertz CT molecular complexity index is 338. The van der Waals surface area contributed by atoms with Crippen molar-refractivity contribution in [1.82, 2.24) is 9.80 Å². The molecule has 0 aromatic carbocycles. The highest BCUT2D eigenvalue weighted by Gasteiger charge is 2.39. The molecule has 0 radical (unpaired) electrons. The van der Waals surface area contributed by atoms with E-state index in [-0.39, 0.29) is 6.03 Å². The summed E-state index contributed by atoms with van der Waals surface area (Å²) in [4.78, 5) is 27.1. The molecule has 0 unspecified atom stereocenters. The predicted octanol–water partition coefficient (Wildman–Crippen LogP) is 2.41. The van der Waals surface area contributed by atoms with Crippen LogP contribution >= 0.6 is 0 Å². The predicted molar refractivity (Wildman–Crippen MR) is 74.1 cm³/mol. The third-order valence-electron chi connectivity index (χ3n) is 4.10. The van der Waals surface area contributed by atoms with Crippen LogP contribution in [0, 0.1) is 5.92 Å². The highest BCUT2D eigenvalue weighted by Crippen LogP contribution is 2.28. The zero-order chi connectivity index (χ0) is 14.6. The minimum absolute atomic E-state index is 0.163. The summed E-state index contributed by atoms with van der Waals surface area (Å²) in [5, 5.41) is 9.27. The lowest BCUT2D eigenvalue weighted by molar-refractivity contribution is -0.147. The van der Waals surface area contributed by atoms with Gasteiger partial charge in [-0.15, -0.1) is 0 Å². The standard InChI is InChI=1S/C14H26N2O3/c1-5-15(10-11-8-7-9-11)13(19)16(6-2)14(3,4)12(17)18/h11H,5-10H2,1-4H3,(H,17,18). The van der Waals surface area contributed by atoms with E-state index in [0.29, 0.717) is 19.0 Å². The number of urea groups is 1. The molecule has 19 heavy (non-hydrogen) atoms. The molecule has 1 fully saturated rings. The second kappa shape index (κ2) is 6.26. The monoisotopic (exact) mass is 270 g/mol. The zero-order valence-corrected chi connectivity index (χ0v) is 12.5. The van der Waals surface area contributed by atoms with Gasteiger partial charge in [-0.1, -0.05) is 6.42 Å². The van der Waals surface area contributed by atoms with Crippen LogP contribution < -0.4 is 0 Å². The molecule has 1 saturated carbocycles. The number of carbonyl (C=O) groups is 2. The van der Waals surface area contributed by atoms with E-state index in [1.807, 2.05) is 13.8 Å². The summed E-state index contributed by atoms with van der Waals surface area (Å²) in [7, 11) is 0. The normalized spacial score (nSPS) is 15.8. The molecule has 1 aliphatic rings. The van der Waals surface area contributed by atoms with Crippen molar-refractivity contribution >= 4 is 12.0 Å². The van der Waals surface area contributed by atoms with E-state index in [2.05, 4.69) is 0 Å². The van der Waals surface area contributed by atoms with Crippen LogP contribution in [-0.2, 0) is 4.79 Å². The number of aliphatic carboxylic acids is 1. The number of carboxylic acid groups (broad SMARTS) is 1. The molecule has 0 aromatic rings. The van der Waals surface area contributed by atoms with Gasteiger partial charge in [0.1, 0.15) is 5.54 Å². The van der Waals surface area contributed by atoms with Gasteiger partial charge in [-0.05, 0) is 46.5 Å². The van der Waals surface area contributed by atoms with Gasteiger partial charge in [0.15, 0.2) is 0 Å². The van der Waals surface area contributed by atoms with Gasteiger partial charge >= 0.3 is 12.0 Å². The molecule has 1 aliphatic carbocycles. The number of likely N-dealkylation sites (N-methyl/N-ethyl adjacent to an activating group) is 1. The van der Waals surface area contributed by atoms with E-state index >= 15 is 0 Å². The van der Waals surface area contributed by atoms with Crippen molar-refractivity contribution in [2.24, 2.45) is 5.92 Å². The second-order valence-electron chi connectivity index (χ2n) is 5.73. The van der Waals surface area contributed by atoms with E-state index in [9.17, 15) is 14.7 Å². The first-order valence-electron chi connectivity index (χ1n) is 7.14. The fraction of sp³-hybridized carbons (Fsp3) is 0.857. The van der Waals surface area contributed by atoms with E-state index < -0.39 is 11.5 Å². The number of carboxylic acids is 1. The van der Waals surface area contributed by atoms with Gasteiger partial charge < -0.3 is 14.9 Å². The van der Waals surface area contributed by atoms with Crippen molar-refractivity contribution in [1.29, 1.82) is 0 Å². The smallest absolute Gasteiger partial charge is 0.329 e. The molecule has 1 N–H and O–H groups in total. The molecule has 2 amide bonds. The fourth-order valence-corrected chi connectivity index (χ4v) is 2.39. The van der Waals surface area contributed by atoms with Gasteiger partial charge in [0.05, 0.1) is 0 Å². The van der Waals surface area contributed by atoms with Crippen molar-refractivity contribution in [3.8, 4) is 0 Å². The molecule has 1 rings (SSSR count). The molecule has 5 heteroatoms.